The number of hydrogen-bond donors (Lipinski definition) is 3. The van der Waals surface area contributed by atoms with Crippen molar-refractivity contribution in [2.24, 2.45) is 5.92 Å². The largest absolute Gasteiger partial charge is 0.317 e. The third-order valence-corrected chi connectivity index (χ3v) is 4.61. The Labute approximate surface area is 91.1 Å². The Morgan fingerprint density at radius 1 is 1.13 bits per heavy atom. The summed E-state index contributed by atoms with van der Waals surface area (Å²) in [6.45, 7) is 3.51. The van der Waals surface area contributed by atoms with E-state index in [-0.39, 0.29) is 11.8 Å². The van der Waals surface area contributed by atoms with E-state index in [2.05, 4.69) is 15.4 Å². The predicted molar refractivity (Wildman–Crippen MR) is 59.2 cm³/mol. The van der Waals surface area contributed by atoms with Crippen LogP contribution in [0.2, 0.25) is 0 Å². The van der Waals surface area contributed by atoms with Crippen molar-refractivity contribution in [2.45, 2.75) is 18.9 Å². The SMILES string of the molecule is O=S(=O)(CC1CNC1)NC1CCNCC1. The van der Waals surface area contributed by atoms with Gasteiger partial charge in [-0.2, -0.15) is 0 Å². The Morgan fingerprint density at radius 3 is 2.33 bits per heavy atom. The number of piperidine rings is 1. The minimum absolute atomic E-state index is 0.143. The molecule has 2 aliphatic heterocycles. The van der Waals surface area contributed by atoms with E-state index in [1.165, 1.54) is 0 Å². The fourth-order valence-electron chi connectivity index (χ4n) is 2.02. The maximum absolute atomic E-state index is 11.7. The highest BCUT2D eigenvalue weighted by molar-refractivity contribution is 7.89. The molecule has 88 valence electrons. The van der Waals surface area contributed by atoms with Crippen LogP contribution in [0.1, 0.15) is 12.8 Å². The van der Waals surface area contributed by atoms with Gasteiger partial charge in [-0.05, 0) is 31.8 Å². The van der Waals surface area contributed by atoms with Gasteiger partial charge in [0.25, 0.3) is 0 Å². The van der Waals surface area contributed by atoms with E-state index in [4.69, 9.17) is 0 Å². The van der Waals surface area contributed by atoms with Crippen LogP contribution in [0.15, 0.2) is 0 Å². The summed E-state index contributed by atoms with van der Waals surface area (Å²) in [7, 11) is -3.06. The topological polar surface area (TPSA) is 70.2 Å². The van der Waals surface area contributed by atoms with Gasteiger partial charge in [0.1, 0.15) is 0 Å². The molecule has 6 heteroatoms. The second-order valence-corrected chi connectivity index (χ2v) is 6.25. The molecule has 0 amide bonds. The molecule has 0 aromatic heterocycles. The highest BCUT2D eigenvalue weighted by Crippen LogP contribution is 2.09. The number of hydrogen-bond acceptors (Lipinski definition) is 4. The molecule has 0 aliphatic carbocycles. The average molecular weight is 233 g/mol. The third-order valence-electron chi connectivity index (χ3n) is 3.01. The maximum Gasteiger partial charge on any atom is 0.212 e. The number of rotatable bonds is 4. The third kappa shape index (κ3) is 3.41. The minimum Gasteiger partial charge on any atom is -0.317 e. The molecular weight excluding hydrogens is 214 g/mol. The molecule has 0 saturated carbocycles. The first-order valence-corrected chi connectivity index (χ1v) is 7.22. The summed E-state index contributed by atoms with van der Waals surface area (Å²) in [5, 5.41) is 6.30. The molecule has 0 aromatic rings. The molecule has 2 heterocycles. The van der Waals surface area contributed by atoms with Crippen molar-refractivity contribution in [1.82, 2.24) is 15.4 Å². The summed E-state index contributed by atoms with van der Waals surface area (Å²) >= 11 is 0. The molecule has 15 heavy (non-hydrogen) atoms. The van der Waals surface area contributed by atoms with E-state index in [1.807, 2.05) is 0 Å². The Hall–Kier alpha value is -0.170. The summed E-state index contributed by atoms with van der Waals surface area (Å²) in [6.07, 6.45) is 1.81. The summed E-state index contributed by atoms with van der Waals surface area (Å²) in [4.78, 5) is 0. The molecule has 3 N–H and O–H groups in total. The molecule has 0 spiro atoms. The van der Waals surface area contributed by atoms with Crippen molar-refractivity contribution in [3.05, 3.63) is 0 Å². The molecule has 0 bridgehead atoms. The van der Waals surface area contributed by atoms with Crippen molar-refractivity contribution < 1.29 is 8.42 Å². The summed E-state index contributed by atoms with van der Waals surface area (Å²) in [6, 6.07) is 0.143. The molecule has 0 radical (unpaired) electrons. The highest BCUT2D eigenvalue weighted by Gasteiger charge is 2.26. The van der Waals surface area contributed by atoms with Gasteiger partial charge in [0, 0.05) is 19.1 Å². The Kier molecular flexibility index (Phi) is 3.60. The van der Waals surface area contributed by atoms with E-state index in [1.54, 1.807) is 0 Å². The van der Waals surface area contributed by atoms with Crippen LogP contribution in [0, 0.1) is 5.92 Å². The predicted octanol–water partition coefficient (Wildman–Crippen LogP) is -1.12. The minimum atomic E-state index is -3.06. The molecule has 2 rings (SSSR count). The van der Waals surface area contributed by atoms with Crippen LogP contribution in [0.25, 0.3) is 0 Å². The first kappa shape index (κ1) is 11.3. The average Bonchev–Trinajstić information content (AvgIpc) is 2.13. The smallest absolute Gasteiger partial charge is 0.212 e. The lowest BCUT2D eigenvalue weighted by Gasteiger charge is -2.29. The zero-order chi connectivity index (χ0) is 10.7. The monoisotopic (exact) mass is 233 g/mol. The normalized spacial score (nSPS) is 25.1. The van der Waals surface area contributed by atoms with Crippen molar-refractivity contribution in [2.75, 3.05) is 31.9 Å². The van der Waals surface area contributed by atoms with Crippen LogP contribution < -0.4 is 15.4 Å². The van der Waals surface area contributed by atoms with Crippen molar-refractivity contribution >= 4 is 10.0 Å². The fourth-order valence-corrected chi connectivity index (χ4v) is 3.71. The number of sulfonamides is 1. The van der Waals surface area contributed by atoms with Crippen LogP contribution in [0.3, 0.4) is 0 Å². The van der Waals surface area contributed by atoms with E-state index < -0.39 is 10.0 Å². The van der Waals surface area contributed by atoms with E-state index >= 15 is 0 Å². The van der Waals surface area contributed by atoms with Gasteiger partial charge < -0.3 is 10.6 Å². The van der Waals surface area contributed by atoms with E-state index in [9.17, 15) is 8.42 Å². The summed E-state index contributed by atoms with van der Waals surface area (Å²) in [5.41, 5.74) is 0. The van der Waals surface area contributed by atoms with E-state index in [0.717, 1.165) is 39.0 Å². The first-order chi connectivity index (χ1) is 7.16. The second-order valence-electron chi connectivity index (χ2n) is 4.45. The van der Waals surface area contributed by atoms with Gasteiger partial charge >= 0.3 is 0 Å². The standard InChI is InChI=1S/C9H19N3O2S/c13-15(14,7-8-5-11-6-8)12-9-1-3-10-4-2-9/h8-12H,1-7H2. The lowest BCUT2D eigenvalue weighted by Crippen LogP contribution is -2.50. The summed E-state index contributed by atoms with van der Waals surface area (Å²) < 4.78 is 26.3. The van der Waals surface area contributed by atoms with Gasteiger partial charge in [-0.3, -0.25) is 0 Å². The fraction of sp³-hybridized carbons (Fsp3) is 1.00. The van der Waals surface area contributed by atoms with Crippen LogP contribution in [0.4, 0.5) is 0 Å². The van der Waals surface area contributed by atoms with Gasteiger partial charge in [0.2, 0.25) is 10.0 Å². The molecule has 5 nitrogen and oxygen atoms in total. The van der Waals surface area contributed by atoms with Gasteiger partial charge in [-0.1, -0.05) is 0 Å². The lowest BCUT2D eigenvalue weighted by atomic mass is 10.1. The quantitative estimate of drug-likeness (QED) is 0.575. The Morgan fingerprint density at radius 2 is 1.80 bits per heavy atom. The summed E-state index contributed by atoms with van der Waals surface area (Å²) in [5.74, 6) is 0.591. The molecular formula is C9H19N3O2S. The van der Waals surface area contributed by atoms with Gasteiger partial charge in [0.15, 0.2) is 0 Å². The van der Waals surface area contributed by atoms with Crippen LogP contribution in [0.5, 0.6) is 0 Å². The molecule has 0 unspecified atom stereocenters. The van der Waals surface area contributed by atoms with Crippen LogP contribution in [-0.2, 0) is 10.0 Å². The Balaban J connectivity index is 1.80. The van der Waals surface area contributed by atoms with Gasteiger partial charge in [-0.25, -0.2) is 13.1 Å². The van der Waals surface area contributed by atoms with Crippen molar-refractivity contribution in [1.29, 1.82) is 0 Å². The molecule has 2 saturated heterocycles. The zero-order valence-electron chi connectivity index (χ0n) is 8.83. The Bertz CT molecular complexity index is 294. The van der Waals surface area contributed by atoms with Gasteiger partial charge in [0.05, 0.1) is 5.75 Å². The zero-order valence-corrected chi connectivity index (χ0v) is 9.65. The molecule has 2 fully saturated rings. The molecule has 0 atom stereocenters. The lowest BCUT2D eigenvalue weighted by molar-refractivity contribution is 0.373. The van der Waals surface area contributed by atoms with Crippen molar-refractivity contribution in [3.63, 3.8) is 0 Å². The van der Waals surface area contributed by atoms with Crippen LogP contribution in [-0.4, -0.2) is 46.4 Å². The van der Waals surface area contributed by atoms with E-state index in [0.29, 0.717) is 5.92 Å². The number of nitrogens with one attached hydrogen (secondary N) is 3. The molecule has 0 aromatic carbocycles. The second kappa shape index (κ2) is 4.78. The highest BCUT2D eigenvalue weighted by atomic mass is 32.2. The maximum atomic E-state index is 11.7. The van der Waals surface area contributed by atoms with Crippen molar-refractivity contribution in [3.8, 4) is 0 Å². The van der Waals surface area contributed by atoms with Crippen LogP contribution >= 0.6 is 0 Å². The molecule has 2 aliphatic rings. The first-order valence-electron chi connectivity index (χ1n) is 5.57. The van der Waals surface area contributed by atoms with Gasteiger partial charge in [-0.15, -0.1) is 0 Å².